The summed E-state index contributed by atoms with van der Waals surface area (Å²) in [7, 11) is 0. The fourth-order valence-electron chi connectivity index (χ4n) is 1.25. The minimum atomic E-state index is 0.713. The largest absolute Gasteiger partial charge is 0.305 e. The summed E-state index contributed by atoms with van der Waals surface area (Å²) in [4.78, 5) is 4.21. The van der Waals surface area contributed by atoms with Gasteiger partial charge >= 0.3 is 0 Å². The third kappa shape index (κ3) is 3.11. The molecule has 2 aromatic heterocycles. The van der Waals surface area contributed by atoms with Gasteiger partial charge in [0, 0.05) is 25.5 Å². The van der Waals surface area contributed by atoms with E-state index in [0.29, 0.717) is 6.54 Å². The van der Waals surface area contributed by atoms with Crippen molar-refractivity contribution in [3.8, 4) is 0 Å². The number of hydrogen-bond donors (Lipinski definition) is 1. The predicted molar refractivity (Wildman–Crippen MR) is 56.8 cm³/mol. The van der Waals surface area contributed by atoms with E-state index < -0.39 is 0 Å². The Bertz CT molecular complexity index is 348. The highest BCUT2D eigenvalue weighted by Gasteiger charge is 1.94. The van der Waals surface area contributed by atoms with E-state index in [1.807, 2.05) is 30.3 Å². The van der Waals surface area contributed by atoms with Crippen molar-refractivity contribution < 1.29 is 0 Å². The third-order valence-corrected chi connectivity index (χ3v) is 1.97. The molecule has 0 aliphatic carbocycles. The summed E-state index contributed by atoms with van der Waals surface area (Å²) in [5.41, 5.74) is 1.97. The molecule has 0 saturated carbocycles. The maximum atomic E-state index is 4.21. The first-order valence-corrected chi connectivity index (χ1v) is 4.82. The highest BCUT2D eigenvalue weighted by atomic mass is 15.1. The molecule has 2 heterocycles. The maximum absolute atomic E-state index is 4.21. The second-order valence-electron chi connectivity index (χ2n) is 3.14. The van der Waals surface area contributed by atoms with E-state index in [1.54, 1.807) is 12.4 Å². The number of pyridine rings is 1. The average molecular weight is 200 g/mol. The summed E-state index contributed by atoms with van der Waals surface area (Å²) in [6.07, 6.45) is 3.46. The lowest BCUT2D eigenvalue weighted by atomic mass is 10.3. The Hall–Kier alpha value is -1.81. The van der Waals surface area contributed by atoms with Crippen LogP contribution in [0.4, 0.5) is 0 Å². The second-order valence-corrected chi connectivity index (χ2v) is 3.14. The van der Waals surface area contributed by atoms with Gasteiger partial charge in [0.2, 0.25) is 0 Å². The van der Waals surface area contributed by atoms with Gasteiger partial charge < -0.3 is 5.32 Å². The van der Waals surface area contributed by atoms with Crippen LogP contribution in [0.1, 0.15) is 11.4 Å². The number of hydrogen-bond acceptors (Lipinski definition) is 4. The van der Waals surface area contributed by atoms with Crippen molar-refractivity contribution >= 4 is 0 Å². The van der Waals surface area contributed by atoms with Gasteiger partial charge in [-0.25, -0.2) is 0 Å². The smallest absolute Gasteiger partial charge is 0.0769 e. The van der Waals surface area contributed by atoms with Crippen LogP contribution in [0.15, 0.2) is 42.7 Å². The molecule has 0 spiro atoms. The van der Waals surface area contributed by atoms with Crippen LogP contribution < -0.4 is 5.32 Å². The first kappa shape index (κ1) is 9.73. The van der Waals surface area contributed by atoms with Crippen LogP contribution in [-0.4, -0.2) is 15.2 Å². The van der Waals surface area contributed by atoms with E-state index in [9.17, 15) is 0 Å². The molecule has 0 atom stereocenters. The Kier molecular flexibility index (Phi) is 3.35. The lowest BCUT2D eigenvalue weighted by Gasteiger charge is -2.02. The summed E-state index contributed by atoms with van der Waals surface area (Å²) in [6, 6.07) is 9.70. The van der Waals surface area contributed by atoms with Crippen molar-refractivity contribution in [1.29, 1.82) is 0 Å². The van der Waals surface area contributed by atoms with Crippen LogP contribution in [0, 0.1) is 0 Å². The van der Waals surface area contributed by atoms with Gasteiger partial charge in [-0.3, -0.25) is 4.98 Å². The van der Waals surface area contributed by atoms with Gasteiger partial charge in [0.1, 0.15) is 0 Å². The standard InChI is InChI=1S/C11H12N4/c1-2-6-13-10(4-1)8-12-9-11-5-3-7-14-15-11/h1-7,12H,8-9H2. The second kappa shape index (κ2) is 5.17. The van der Waals surface area contributed by atoms with Crippen molar-refractivity contribution in [2.24, 2.45) is 0 Å². The molecule has 0 fully saturated rings. The van der Waals surface area contributed by atoms with E-state index in [-0.39, 0.29) is 0 Å². The summed E-state index contributed by atoms with van der Waals surface area (Å²) < 4.78 is 0. The van der Waals surface area contributed by atoms with E-state index in [1.165, 1.54) is 0 Å². The molecule has 0 radical (unpaired) electrons. The molecule has 0 amide bonds. The molecule has 2 rings (SSSR count). The number of nitrogens with one attached hydrogen (secondary N) is 1. The highest BCUT2D eigenvalue weighted by Crippen LogP contribution is 1.94. The molecule has 76 valence electrons. The molecule has 4 nitrogen and oxygen atoms in total. The average Bonchev–Trinajstić information content (AvgIpc) is 2.32. The number of rotatable bonds is 4. The number of nitrogens with zero attached hydrogens (tertiary/aromatic N) is 3. The molecule has 2 aromatic rings. The zero-order chi connectivity index (χ0) is 10.3. The van der Waals surface area contributed by atoms with Crippen LogP contribution in [0.2, 0.25) is 0 Å². The van der Waals surface area contributed by atoms with Crippen LogP contribution in [0.5, 0.6) is 0 Å². The lowest BCUT2D eigenvalue weighted by molar-refractivity contribution is 0.659. The SMILES string of the molecule is c1ccc(CNCc2cccnn2)nc1. The fourth-order valence-corrected chi connectivity index (χ4v) is 1.25. The Morgan fingerprint density at radius 3 is 2.53 bits per heavy atom. The molecule has 0 aliphatic heterocycles. The molecule has 1 N–H and O–H groups in total. The van der Waals surface area contributed by atoms with Gasteiger partial charge in [0.25, 0.3) is 0 Å². The van der Waals surface area contributed by atoms with E-state index >= 15 is 0 Å². The minimum Gasteiger partial charge on any atom is -0.305 e. The minimum absolute atomic E-state index is 0.713. The topological polar surface area (TPSA) is 50.7 Å². The summed E-state index contributed by atoms with van der Waals surface area (Å²) in [5, 5.41) is 11.0. The zero-order valence-electron chi connectivity index (χ0n) is 8.30. The van der Waals surface area contributed by atoms with Gasteiger partial charge in [0.05, 0.1) is 11.4 Å². The van der Waals surface area contributed by atoms with Crippen molar-refractivity contribution in [3.05, 3.63) is 54.1 Å². The summed E-state index contributed by atoms with van der Waals surface area (Å²) in [6.45, 7) is 1.46. The zero-order valence-corrected chi connectivity index (χ0v) is 8.30. The van der Waals surface area contributed by atoms with E-state index in [0.717, 1.165) is 17.9 Å². The van der Waals surface area contributed by atoms with Crippen molar-refractivity contribution in [3.63, 3.8) is 0 Å². The summed E-state index contributed by atoms with van der Waals surface area (Å²) >= 11 is 0. The monoisotopic (exact) mass is 200 g/mol. The van der Waals surface area contributed by atoms with Crippen molar-refractivity contribution in [2.75, 3.05) is 0 Å². The molecule has 0 aromatic carbocycles. The van der Waals surface area contributed by atoms with Gasteiger partial charge in [0.15, 0.2) is 0 Å². The Labute approximate surface area is 88.4 Å². The molecular formula is C11H12N4. The molecule has 0 aliphatic rings. The Morgan fingerprint density at radius 1 is 0.933 bits per heavy atom. The van der Waals surface area contributed by atoms with Gasteiger partial charge in [-0.1, -0.05) is 6.07 Å². The Morgan fingerprint density at radius 2 is 1.80 bits per heavy atom. The van der Waals surface area contributed by atoms with Crippen molar-refractivity contribution in [1.82, 2.24) is 20.5 Å². The van der Waals surface area contributed by atoms with E-state index in [2.05, 4.69) is 20.5 Å². The van der Waals surface area contributed by atoms with Gasteiger partial charge in [-0.15, -0.1) is 0 Å². The molecule has 15 heavy (non-hydrogen) atoms. The first-order chi connectivity index (χ1) is 7.45. The van der Waals surface area contributed by atoms with Crippen LogP contribution >= 0.6 is 0 Å². The normalized spacial score (nSPS) is 10.1. The first-order valence-electron chi connectivity index (χ1n) is 4.82. The Balaban J connectivity index is 1.81. The van der Waals surface area contributed by atoms with Crippen molar-refractivity contribution in [2.45, 2.75) is 13.1 Å². The van der Waals surface area contributed by atoms with Crippen LogP contribution in [0.3, 0.4) is 0 Å². The predicted octanol–water partition coefficient (Wildman–Crippen LogP) is 1.16. The number of aromatic nitrogens is 3. The van der Waals surface area contributed by atoms with Gasteiger partial charge in [-0.05, 0) is 24.3 Å². The lowest BCUT2D eigenvalue weighted by Crippen LogP contribution is -2.14. The molecule has 0 bridgehead atoms. The molecular weight excluding hydrogens is 188 g/mol. The molecule has 4 heteroatoms. The quantitative estimate of drug-likeness (QED) is 0.804. The van der Waals surface area contributed by atoms with Crippen LogP contribution in [0.25, 0.3) is 0 Å². The fraction of sp³-hybridized carbons (Fsp3) is 0.182. The highest BCUT2D eigenvalue weighted by molar-refractivity contribution is 5.04. The molecule has 0 saturated heterocycles. The van der Waals surface area contributed by atoms with Gasteiger partial charge in [-0.2, -0.15) is 10.2 Å². The van der Waals surface area contributed by atoms with E-state index in [4.69, 9.17) is 0 Å². The maximum Gasteiger partial charge on any atom is 0.0769 e. The third-order valence-electron chi connectivity index (χ3n) is 1.97. The molecule has 0 unspecified atom stereocenters. The summed E-state index contributed by atoms with van der Waals surface area (Å²) in [5.74, 6) is 0. The van der Waals surface area contributed by atoms with Crippen LogP contribution in [-0.2, 0) is 13.1 Å².